The largest absolute Gasteiger partial charge is 0.456 e. The zero-order valence-electron chi connectivity index (χ0n) is 33.8. The molecule has 0 aliphatic carbocycles. The standard InChI is InChI=1S/C59H39NOS/c1-2-13-41-34-44(27-26-39(41)12-1)40-28-31-48(32-29-40)60(38-47-14-3-4-19-50(47)46-30-33-57-55(37-46)52-20-5-7-24-56(52)61-57)49-18-10-16-43(36-49)42-15-9-17-45(35-42)51-22-11-23-54-53-21-6-8-25-58(53)62-59(51)54/h1-37H,38H2. The Morgan fingerprint density at radius 3 is 1.90 bits per heavy atom. The van der Waals surface area contributed by atoms with E-state index in [1.807, 2.05) is 23.5 Å². The Morgan fingerprint density at radius 2 is 0.984 bits per heavy atom. The van der Waals surface area contributed by atoms with Crippen LogP contribution in [-0.4, -0.2) is 0 Å². The maximum atomic E-state index is 6.22. The van der Waals surface area contributed by atoms with Crippen molar-refractivity contribution in [1.29, 1.82) is 0 Å². The lowest BCUT2D eigenvalue weighted by Gasteiger charge is -2.27. The summed E-state index contributed by atoms with van der Waals surface area (Å²) in [6, 6.07) is 81.6. The van der Waals surface area contributed by atoms with Crippen LogP contribution in [0.25, 0.3) is 97.4 Å². The molecule has 0 N–H and O–H groups in total. The molecule has 0 atom stereocenters. The van der Waals surface area contributed by atoms with Crippen LogP contribution in [0.1, 0.15) is 5.56 Å². The third-order valence-electron chi connectivity index (χ3n) is 12.4. The molecule has 12 rings (SSSR count). The van der Waals surface area contributed by atoms with Gasteiger partial charge in [-0.15, -0.1) is 11.3 Å². The second-order valence-corrected chi connectivity index (χ2v) is 17.1. The minimum Gasteiger partial charge on any atom is -0.456 e. The van der Waals surface area contributed by atoms with Gasteiger partial charge in [0, 0.05) is 48.9 Å². The van der Waals surface area contributed by atoms with Crippen molar-refractivity contribution < 1.29 is 4.42 Å². The van der Waals surface area contributed by atoms with E-state index >= 15 is 0 Å². The van der Waals surface area contributed by atoms with Crippen LogP contribution in [0.5, 0.6) is 0 Å². The molecule has 12 aromatic rings. The average Bonchev–Trinajstić information content (AvgIpc) is 3.92. The predicted molar refractivity (Wildman–Crippen MR) is 265 cm³/mol. The fraction of sp³-hybridized carbons (Fsp3) is 0.0169. The first kappa shape index (κ1) is 36.2. The third kappa shape index (κ3) is 6.42. The highest BCUT2D eigenvalue weighted by Crippen LogP contribution is 2.42. The highest BCUT2D eigenvalue weighted by molar-refractivity contribution is 7.26. The Morgan fingerprint density at radius 1 is 0.355 bits per heavy atom. The molecule has 0 amide bonds. The first-order valence-corrected chi connectivity index (χ1v) is 22.0. The summed E-state index contributed by atoms with van der Waals surface area (Å²) in [5, 5.41) is 7.40. The Balaban J connectivity index is 0.950. The summed E-state index contributed by atoms with van der Waals surface area (Å²) < 4.78 is 8.87. The minimum atomic E-state index is 0.674. The van der Waals surface area contributed by atoms with E-state index in [4.69, 9.17) is 4.42 Å². The monoisotopic (exact) mass is 809 g/mol. The number of thiophene rings is 1. The number of benzene rings is 10. The van der Waals surface area contributed by atoms with Crippen molar-refractivity contribution in [1.82, 2.24) is 0 Å². The second kappa shape index (κ2) is 15.1. The van der Waals surface area contributed by atoms with Crippen molar-refractivity contribution in [3.05, 3.63) is 230 Å². The lowest BCUT2D eigenvalue weighted by Crippen LogP contribution is -2.17. The van der Waals surface area contributed by atoms with Crippen molar-refractivity contribution in [3.8, 4) is 44.5 Å². The second-order valence-electron chi connectivity index (χ2n) is 16.1. The van der Waals surface area contributed by atoms with Gasteiger partial charge in [-0.3, -0.25) is 0 Å². The lowest BCUT2D eigenvalue weighted by molar-refractivity contribution is 0.669. The fourth-order valence-electron chi connectivity index (χ4n) is 9.23. The van der Waals surface area contributed by atoms with Crippen LogP contribution < -0.4 is 4.90 Å². The van der Waals surface area contributed by atoms with E-state index in [9.17, 15) is 0 Å². The topological polar surface area (TPSA) is 16.4 Å². The molecule has 0 spiro atoms. The molecule has 0 unspecified atom stereocenters. The van der Waals surface area contributed by atoms with Gasteiger partial charge >= 0.3 is 0 Å². The van der Waals surface area contributed by atoms with Crippen molar-refractivity contribution in [2.45, 2.75) is 6.54 Å². The van der Waals surface area contributed by atoms with Crippen LogP contribution in [0.3, 0.4) is 0 Å². The molecule has 0 saturated carbocycles. The van der Waals surface area contributed by atoms with Gasteiger partial charge < -0.3 is 9.32 Å². The molecular weight excluding hydrogens is 771 g/mol. The molecule has 2 heterocycles. The Kier molecular flexibility index (Phi) is 8.79. The van der Waals surface area contributed by atoms with Gasteiger partial charge in [-0.2, -0.15) is 0 Å². The van der Waals surface area contributed by atoms with Crippen molar-refractivity contribution in [2.24, 2.45) is 0 Å². The van der Waals surface area contributed by atoms with Crippen LogP contribution in [0.2, 0.25) is 0 Å². The van der Waals surface area contributed by atoms with Gasteiger partial charge in [-0.1, -0.05) is 164 Å². The van der Waals surface area contributed by atoms with Gasteiger partial charge in [0.25, 0.3) is 0 Å². The van der Waals surface area contributed by atoms with Crippen LogP contribution in [0.4, 0.5) is 11.4 Å². The predicted octanol–water partition coefficient (Wildman–Crippen LogP) is 17.1. The third-order valence-corrected chi connectivity index (χ3v) is 13.6. The molecule has 2 nitrogen and oxygen atoms in total. The number of para-hydroxylation sites is 1. The van der Waals surface area contributed by atoms with Crippen molar-refractivity contribution >= 4 is 75.6 Å². The molecule has 62 heavy (non-hydrogen) atoms. The van der Waals surface area contributed by atoms with E-state index in [1.54, 1.807) is 0 Å². The number of furan rings is 1. The van der Waals surface area contributed by atoms with E-state index in [1.165, 1.54) is 81.0 Å². The van der Waals surface area contributed by atoms with Crippen LogP contribution in [0, 0.1) is 0 Å². The molecule has 0 radical (unpaired) electrons. The number of nitrogens with zero attached hydrogens (tertiary/aromatic N) is 1. The molecular formula is C59H39NOS. The summed E-state index contributed by atoms with van der Waals surface area (Å²) in [7, 11) is 0. The summed E-state index contributed by atoms with van der Waals surface area (Å²) >= 11 is 1.88. The number of hydrogen-bond donors (Lipinski definition) is 0. The fourth-order valence-corrected chi connectivity index (χ4v) is 10.5. The first-order chi connectivity index (χ1) is 30.7. The van der Waals surface area contributed by atoms with Gasteiger partial charge in [0.15, 0.2) is 0 Å². The Bertz CT molecular complexity index is 3630. The number of fused-ring (bicyclic) bond motifs is 7. The van der Waals surface area contributed by atoms with E-state index in [0.29, 0.717) is 6.54 Å². The molecule has 0 fully saturated rings. The SMILES string of the molecule is c1cc(-c2cccc(N(Cc3ccccc3-c3ccc4oc5ccccc5c4c3)c3ccc(-c4ccc5ccccc5c4)cc3)c2)cc(-c2cccc3c2sc2ccccc23)c1. The molecule has 2 aromatic heterocycles. The summed E-state index contributed by atoms with van der Waals surface area (Å²) in [6.45, 7) is 0.674. The summed E-state index contributed by atoms with van der Waals surface area (Å²) in [5.74, 6) is 0. The zero-order chi connectivity index (χ0) is 41.0. The van der Waals surface area contributed by atoms with Gasteiger partial charge in [0.1, 0.15) is 11.2 Å². The van der Waals surface area contributed by atoms with E-state index in [0.717, 1.165) is 33.3 Å². The molecule has 0 aliphatic rings. The highest BCUT2D eigenvalue weighted by atomic mass is 32.1. The average molecular weight is 810 g/mol. The van der Waals surface area contributed by atoms with Gasteiger partial charge in [-0.25, -0.2) is 0 Å². The molecule has 0 bridgehead atoms. The number of hydrogen-bond acceptors (Lipinski definition) is 3. The molecule has 292 valence electrons. The Labute approximate surface area is 364 Å². The maximum Gasteiger partial charge on any atom is 0.135 e. The molecule has 0 aliphatic heterocycles. The lowest BCUT2D eigenvalue weighted by atomic mass is 9.96. The van der Waals surface area contributed by atoms with Crippen LogP contribution in [0.15, 0.2) is 229 Å². The van der Waals surface area contributed by atoms with Gasteiger partial charge in [0.2, 0.25) is 0 Å². The maximum absolute atomic E-state index is 6.22. The normalized spacial score (nSPS) is 11.6. The molecule has 3 heteroatoms. The van der Waals surface area contributed by atoms with Gasteiger partial charge in [0.05, 0.1) is 0 Å². The quantitative estimate of drug-likeness (QED) is 0.152. The van der Waals surface area contributed by atoms with Crippen molar-refractivity contribution in [3.63, 3.8) is 0 Å². The summed E-state index contributed by atoms with van der Waals surface area (Å²) in [5.41, 5.74) is 15.0. The van der Waals surface area contributed by atoms with Crippen LogP contribution >= 0.6 is 11.3 Å². The smallest absolute Gasteiger partial charge is 0.135 e. The first-order valence-electron chi connectivity index (χ1n) is 21.2. The highest BCUT2D eigenvalue weighted by Gasteiger charge is 2.17. The zero-order valence-corrected chi connectivity index (χ0v) is 34.6. The van der Waals surface area contributed by atoms with E-state index in [2.05, 4.69) is 217 Å². The number of rotatable bonds is 8. The van der Waals surface area contributed by atoms with E-state index in [-0.39, 0.29) is 0 Å². The Hall–Kier alpha value is -7.72. The molecule has 10 aromatic carbocycles. The summed E-state index contributed by atoms with van der Waals surface area (Å²) in [4.78, 5) is 2.46. The van der Waals surface area contributed by atoms with Gasteiger partial charge in [-0.05, 0) is 122 Å². The van der Waals surface area contributed by atoms with Crippen molar-refractivity contribution in [2.75, 3.05) is 4.90 Å². The molecule has 0 saturated heterocycles. The minimum absolute atomic E-state index is 0.674. The summed E-state index contributed by atoms with van der Waals surface area (Å²) in [6.07, 6.45) is 0. The van der Waals surface area contributed by atoms with E-state index < -0.39 is 0 Å². The van der Waals surface area contributed by atoms with Crippen LogP contribution in [-0.2, 0) is 6.54 Å². The number of anilines is 2.